The van der Waals surface area contributed by atoms with Gasteiger partial charge in [-0.15, -0.1) is 0 Å². The van der Waals surface area contributed by atoms with Crippen LogP contribution in [-0.2, 0) is 4.74 Å². The highest BCUT2D eigenvalue weighted by atomic mass is 16.6. The van der Waals surface area contributed by atoms with Crippen LogP contribution in [0.15, 0.2) is 30.5 Å². The van der Waals surface area contributed by atoms with Crippen molar-refractivity contribution in [2.24, 2.45) is 0 Å². The Morgan fingerprint density at radius 2 is 2.14 bits per heavy atom. The number of hydrogen-bond donors (Lipinski definition) is 1. The molecular formula is C17H22N2O3. The zero-order chi connectivity index (χ0) is 15.7. The van der Waals surface area contributed by atoms with Crippen LogP contribution in [0.1, 0.15) is 27.2 Å². The van der Waals surface area contributed by atoms with E-state index < -0.39 is 5.60 Å². The van der Waals surface area contributed by atoms with E-state index in [1.807, 2.05) is 51.2 Å². The van der Waals surface area contributed by atoms with E-state index >= 15 is 0 Å². The summed E-state index contributed by atoms with van der Waals surface area (Å²) in [5.74, 6) is 0.856. The van der Waals surface area contributed by atoms with E-state index in [1.54, 1.807) is 4.90 Å². The summed E-state index contributed by atoms with van der Waals surface area (Å²) >= 11 is 0. The van der Waals surface area contributed by atoms with Gasteiger partial charge in [-0.1, -0.05) is 6.07 Å². The molecule has 0 aliphatic carbocycles. The second kappa shape index (κ2) is 5.55. The molecule has 3 rings (SSSR count). The molecule has 1 saturated heterocycles. The summed E-state index contributed by atoms with van der Waals surface area (Å²) in [5.41, 5.74) is 0.590. The molecular weight excluding hydrogens is 280 g/mol. The number of nitrogens with zero attached hydrogens (tertiary/aromatic N) is 1. The molecule has 1 atom stereocenters. The van der Waals surface area contributed by atoms with Crippen molar-refractivity contribution in [3.05, 3.63) is 30.5 Å². The molecule has 22 heavy (non-hydrogen) atoms. The van der Waals surface area contributed by atoms with Gasteiger partial charge in [0.2, 0.25) is 0 Å². The summed E-state index contributed by atoms with van der Waals surface area (Å²) in [4.78, 5) is 17.0. The van der Waals surface area contributed by atoms with Crippen molar-refractivity contribution in [3.8, 4) is 5.75 Å². The minimum absolute atomic E-state index is 0.00742. The van der Waals surface area contributed by atoms with Gasteiger partial charge in [-0.3, -0.25) is 0 Å². The van der Waals surface area contributed by atoms with Crippen LogP contribution in [-0.4, -0.2) is 40.8 Å². The third-order valence-corrected chi connectivity index (χ3v) is 3.65. The van der Waals surface area contributed by atoms with Gasteiger partial charge < -0.3 is 19.4 Å². The smallest absolute Gasteiger partial charge is 0.410 e. The number of hydrogen-bond acceptors (Lipinski definition) is 3. The third-order valence-electron chi connectivity index (χ3n) is 3.65. The number of nitrogens with one attached hydrogen (secondary N) is 1. The molecule has 0 bridgehead atoms. The first-order valence-electron chi connectivity index (χ1n) is 7.63. The number of likely N-dealkylation sites (tertiary alicyclic amines) is 1. The Bertz CT molecular complexity index is 672. The summed E-state index contributed by atoms with van der Waals surface area (Å²) < 4.78 is 11.5. The molecule has 2 heterocycles. The highest BCUT2D eigenvalue weighted by molar-refractivity contribution is 5.85. The maximum absolute atomic E-state index is 12.1. The Balaban J connectivity index is 1.64. The van der Waals surface area contributed by atoms with Crippen LogP contribution in [0, 0.1) is 0 Å². The fourth-order valence-electron chi connectivity index (χ4n) is 2.66. The predicted molar refractivity (Wildman–Crippen MR) is 85.1 cm³/mol. The molecule has 1 N–H and O–H groups in total. The maximum atomic E-state index is 12.1. The summed E-state index contributed by atoms with van der Waals surface area (Å²) in [6.07, 6.45) is 2.46. The first-order valence-corrected chi connectivity index (χ1v) is 7.63. The first-order chi connectivity index (χ1) is 10.4. The highest BCUT2D eigenvalue weighted by Gasteiger charge is 2.31. The number of rotatable bonds is 2. The van der Waals surface area contributed by atoms with E-state index in [4.69, 9.17) is 9.47 Å². The van der Waals surface area contributed by atoms with Crippen molar-refractivity contribution < 1.29 is 14.3 Å². The van der Waals surface area contributed by atoms with Gasteiger partial charge in [0.15, 0.2) is 0 Å². The van der Waals surface area contributed by atoms with Gasteiger partial charge in [-0.05, 0) is 39.0 Å². The first kappa shape index (κ1) is 14.8. The number of carbonyl (C=O) groups is 1. The zero-order valence-corrected chi connectivity index (χ0v) is 13.3. The van der Waals surface area contributed by atoms with E-state index in [1.165, 1.54) is 0 Å². The number of aromatic nitrogens is 1. The number of aromatic amines is 1. The van der Waals surface area contributed by atoms with E-state index in [0.29, 0.717) is 13.1 Å². The van der Waals surface area contributed by atoms with Gasteiger partial charge in [0.1, 0.15) is 17.5 Å². The fourth-order valence-corrected chi connectivity index (χ4v) is 2.66. The van der Waals surface area contributed by atoms with Crippen molar-refractivity contribution in [2.45, 2.75) is 38.9 Å². The molecule has 118 valence electrons. The van der Waals surface area contributed by atoms with Gasteiger partial charge in [-0.25, -0.2) is 4.79 Å². The Kier molecular flexibility index (Phi) is 3.72. The molecule has 1 fully saturated rings. The van der Waals surface area contributed by atoms with Crippen molar-refractivity contribution in [1.82, 2.24) is 9.88 Å². The number of amides is 1. The lowest BCUT2D eigenvalue weighted by molar-refractivity contribution is 0.0276. The number of carbonyl (C=O) groups excluding carboxylic acids is 1. The lowest BCUT2D eigenvalue weighted by Gasteiger charge is -2.24. The molecule has 1 aliphatic heterocycles. The van der Waals surface area contributed by atoms with Gasteiger partial charge in [0.25, 0.3) is 0 Å². The normalized spacial score (nSPS) is 18.7. The second-order valence-electron chi connectivity index (χ2n) is 6.65. The average molecular weight is 302 g/mol. The molecule has 1 unspecified atom stereocenters. The standard InChI is InChI=1S/C17H22N2O3/c1-17(2,3)22-16(20)19-10-8-12(11-19)21-15-6-4-5-14-13(15)7-9-18-14/h4-7,9,12,18H,8,10-11H2,1-3H3. The van der Waals surface area contributed by atoms with E-state index in [2.05, 4.69) is 4.98 Å². The average Bonchev–Trinajstić information content (AvgIpc) is 3.05. The third kappa shape index (κ3) is 3.18. The topological polar surface area (TPSA) is 54.6 Å². The van der Waals surface area contributed by atoms with Crippen LogP contribution in [0.5, 0.6) is 5.75 Å². The van der Waals surface area contributed by atoms with E-state index in [9.17, 15) is 4.79 Å². The van der Waals surface area contributed by atoms with Crippen molar-refractivity contribution >= 4 is 17.0 Å². The molecule has 1 aliphatic rings. The number of fused-ring (bicyclic) bond motifs is 1. The van der Waals surface area contributed by atoms with E-state index in [0.717, 1.165) is 23.1 Å². The Morgan fingerprint density at radius 1 is 1.32 bits per heavy atom. The molecule has 0 saturated carbocycles. The molecule has 0 spiro atoms. The molecule has 1 amide bonds. The van der Waals surface area contributed by atoms with Crippen molar-refractivity contribution in [1.29, 1.82) is 0 Å². The molecule has 2 aromatic rings. The quantitative estimate of drug-likeness (QED) is 0.923. The molecule has 1 aromatic heterocycles. The fraction of sp³-hybridized carbons (Fsp3) is 0.471. The number of ether oxygens (including phenoxy) is 2. The Morgan fingerprint density at radius 3 is 2.91 bits per heavy atom. The van der Waals surface area contributed by atoms with Crippen molar-refractivity contribution in [2.75, 3.05) is 13.1 Å². The Labute approximate surface area is 130 Å². The monoisotopic (exact) mass is 302 g/mol. The summed E-state index contributed by atoms with van der Waals surface area (Å²) in [5, 5.41) is 1.07. The van der Waals surface area contributed by atoms with Gasteiger partial charge in [-0.2, -0.15) is 0 Å². The molecule has 5 nitrogen and oxygen atoms in total. The SMILES string of the molecule is CC(C)(C)OC(=O)N1CCC(Oc2cccc3[nH]ccc23)C1. The lowest BCUT2D eigenvalue weighted by Crippen LogP contribution is -2.36. The van der Waals surface area contributed by atoms with Crippen LogP contribution in [0.3, 0.4) is 0 Å². The van der Waals surface area contributed by atoms with Gasteiger partial charge in [0.05, 0.1) is 6.54 Å². The van der Waals surface area contributed by atoms with Crippen LogP contribution in [0.2, 0.25) is 0 Å². The second-order valence-corrected chi connectivity index (χ2v) is 6.65. The summed E-state index contributed by atoms with van der Waals surface area (Å²) in [6, 6.07) is 7.95. The van der Waals surface area contributed by atoms with Crippen LogP contribution in [0.4, 0.5) is 4.79 Å². The largest absolute Gasteiger partial charge is 0.488 e. The highest BCUT2D eigenvalue weighted by Crippen LogP contribution is 2.27. The Hall–Kier alpha value is -2.17. The minimum atomic E-state index is -0.466. The number of benzene rings is 1. The predicted octanol–water partition coefficient (Wildman–Crippen LogP) is 3.56. The van der Waals surface area contributed by atoms with Crippen LogP contribution >= 0.6 is 0 Å². The van der Waals surface area contributed by atoms with E-state index in [-0.39, 0.29) is 12.2 Å². The van der Waals surface area contributed by atoms with Crippen molar-refractivity contribution in [3.63, 3.8) is 0 Å². The zero-order valence-electron chi connectivity index (χ0n) is 13.3. The molecule has 1 aromatic carbocycles. The molecule has 0 radical (unpaired) electrons. The lowest BCUT2D eigenvalue weighted by atomic mass is 10.2. The summed E-state index contributed by atoms with van der Waals surface area (Å²) in [6.45, 7) is 6.86. The van der Waals surface area contributed by atoms with Gasteiger partial charge >= 0.3 is 6.09 Å². The molecule has 5 heteroatoms. The number of H-pyrrole nitrogens is 1. The van der Waals surface area contributed by atoms with Crippen LogP contribution in [0.25, 0.3) is 10.9 Å². The maximum Gasteiger partial charge on any atom is 0.410 e. The van der Waals surface area contributed by atoms with Gasteiger partial charge in [0, 0.05) is 30.1 Å². The van der Waals surface area contributed by atoms with Crippen LogP contribution < -0.4 is 4.74 Å². The summed E-state index contributed by atoms with van der Waals surface area (Å²) in [7, 11) is 0. The minimum Gasteiger partial charge on any atom is -0.488 e.